The van der Waals surface area contributed by atoms with E-state index in [0.717, 1.165) is 40.3 Å². The lowest BCUT2D eigenvalue weighted by Crippen LogP contribution is -2.57. The van der Waals surface area contributed by atoms with Crippen LogP contribution in [0.4, 0.5) is 22.7 Å². The number of para-hydroxylation sites is 2. The molecule has 0 amide bonds. The van der Waals surface area contributed by atoms with Gasteiger partial charge in [0.25, 0.3) is 6.71 Å². The van der Waals surface area contributed by atoms with Gasteiger partial charge in [-0.25, -0.2) is 0 Å². The number of allylic oxidation sites excluding steroid dienone is 3. The van der Waals surface area contributed by atoms with Crippen LogP contribution in [0.15, 0.2) is 157 Å². The molecule has 2 aromatic heterocycles. The predicted octanol–water partition coefficient (Wildman–Crippen LogP) is 12.1. The third kappa shape index (κ3) is 6.32. The Kier molecular flexibility index (Phi) is 8.73. The molecule has 0 bridgehead atoms. The highest BCUT2D eigenvalue weighted by Gasteiger charge is 2.48. The van der Waals surface area contributed by atoms with Crippen LogP contribution in [0.3, 0.4) is 0 Å². The van der Waals surface area contributed by atoms with Gasteiger partial charge < -0.3 is 9.80 Å². The van der Waals surface area contributed by atoms with Crippen LogP contribution in [0.2, 0.25) is 0 Å². The molecule has 1 aliphatic carbocycles. The number of pyridine rings is 2. The second-order valence-electron chi connectivity index (χ2n) is 19.2. The monoisotopic (exact) mass is 744 g/mol. The van der Waals surface area contributed by atoms with E-state index in [2.05, 4.69) is 187 Å². The summed E-state index contributed by atoms with van der Waals surface area (Å²) in [5, 5.41) is 0. The first-order chi connectivity index (χ1) is 27.2. The van der Waals surface area contributed by atoms with Crippen LogP contribution in [-0.4, -0.2) is 16.7 Å². The standard InChI is InChI=1S/C52H53BN4/c1-50(2,3)34-24-26-43(37(30-34)41-20-14-16-28-54-41)56-45-22-12-10-18-39(45)53-40-19-11-13-23-46(40)57(48-33-36(52(7,8)9)32-47(56)49(48)53)44-27-25-35(51(4,5)6)31-38(44)42-21-15-17-29-55-42/h10-32,36H,33H2,1-9H3. The summed E-state index contributed by atoms with van der Waals surface area (Å²) in [7, 11) is 0. The molecular weight excluding hydrogens is 691 g/mol. The third-order valence-corrected chi connectivity index (χ3v) is 12.3. The van der Waals surface area contributed by atoms with Gasteiger partial charge in [-0.05, 0) is 117 Å². The molecule has 6 aromatic rings. The molecule has 9 rings (SSSR count). The van der Waals surface area contributed by atoms with Crippen LogP contribution in [-0.2, 0) is 10.8 Å². The Hall–Kier alpha value is -5.68. The Bertz CT molecular complexity index is 2570. The Labute approximate surface area is 340 Å². The molecule has 4 aromatic carbocycles. The Balaban J connectivity index is 1.37. The molecule has 0 saturated heterocycles. The van der Waals surface area contributed by atoms with Gasteiger partial charge in [0.1, 0.15) is 0 Å². The van der Waals surface area contributed by atoms with Gasteiger partial charge in [-0.2, -0.15) is 0 Å². The summed E-state index contributed by atoms with van der Waals surface area (Å²) in [5.74, 6) is 0.270. The van der Waals surface area contributed by atoms with Crippen LogP contribution >= 0.6 is 0 Å². The number of nitrogens with zero attached hydrogens (tertiary/aromatic N) is 4. The fourth-order valence-electron chi connectivity index (χ4n) is 9.09. The average molecular weight is 745 g/mol. The zero-order valence-corrected chi connectivity index (χ0v) is 34.9. The Morgan fingerprint density at radius 1 is 0.526 bits per heavy atom. The van der Waals surface area contributed by atoms with E-state index >= 15 is 0 Å². The van der Waals surface area contributed by atoms with Gasteiger partial charge in [0.15, 0.2) is 0 Å². The van der Waals surface area contributed by atoms with Gasteiger partial charge in [-0.1, -0.05) is 129 Å². The molecule has 0 fully saturated rings. The van der Waals surface area contributed by atoms with Crippen molar-refractivity contribution in [2.75, 3.05) is 9.80 Å². The Morgan fingerprint density at radius 2 is 1.00 bits per heavy atom. The fourth-order valence-corrected chi connectivity index (χ4v) is 9.09. The second-order valence-corrected chi connectivity index (χ2v) is 19.2. The van der Waals surface area contributed by atoms with Crippen LogP contribution in [0.25, 0.3) is 22.5 Å². The van der Waals surface area contributed by atoms with Gasteiger partial charge in [0, 0.05) is 46.3 Å². The maximum absolute atomic E-state index is 4.98. The molecule has 1 atom stereocenters. The molecule has 0 saturated carbocycles. The summed E-state index contributed by atoms with van der Waals surface area (Å²) in [6.45, 7) is 21.0. The minimum atomic E-state index is -0.0223. The fraction of sp³-hybridized carbons (Fsp3) is 0.269. The van der Waals surface area contributed by atoms with Crippen LogP contribution in [0.5, 0.6) is 0 Å². The van der Waals surface area contributed by atoms with Crippen LogP contribution in [0.1, 0.15) is 79.9 Å². The van der Waals surface area contributed by atoms with Crippen LogP contribution < -0.4 is 20.7 Å². The SMILES string of the molecule is CC(C)(C)c1ccc(N2C3=CC(C(C)(C)C)CC4=C3B(c3ccccc32)c2ccccc2N4c2ccc(C(C)(C)C)cc2-c2ccccn2)c(-c2ccccn2)c1. The number of hydrogen-bond donors (Lipinski definition) is 0. The molecule has 4 nitrogen and oxygen atoms in total. The van der Waals surface area contributed by atoms with E-state index in [1.54, 1.807) is 0 Å². The summed E-state index contributed by atoms with van der Waals surface area (Å²) < 4.78 is 0. The number of hydrogen-bond acceptors (Lipinski definition) is 4. The average Bonchev–Trinajstić information content (AvgIpc) is 3.20. The zero-order chi connectivity index (χ0) is 39.9. The van der Waals surface area contributed by atoms with Crippen LogP contribution in [0, 0.1) is 11.3 Å². The highest BCUT2D eigenvalue weighted by Crippen LogP contribution is 2.53. The molecular formula is C52H53BN4. The van der Waals surface area contributed by atoms with Crippen molar-refractivity contribution in [1.82, 2.24) is 9.97 Å². The lowest BCUT2D eigenvalue weighted by atomic mass is 9.32. The first kappa shape index (κ1) is 36.9. The van der Waals surface area contributed by atoms with Gasteiger partial charge in [-0.15, -0.1) is 0 Å². The van der Waals surface area contributed by atoms with Gasteiger partial charge in [-0.3, -0.25) is 9.97 Å². The predicted molar refractivity (Wildman–Crippen MR) is 242 cm³/mol. The van der Waals surface area contributed by atoms with E-state index in [9.17, 15) is 0 Å². The number of aromatic nitrogens is 2. The van der Waals surface area contributed by atoms with E-state index in [0.29, 0.717) is 0 Å². The number of benzene rings is 4. The molecule has 4 heterocycles. The first-order valence-electron chi connectivity index (χ1n) is 20.6. The highest BCUT2D eigenvalue weighted by atomic mass is 15.2. The molecule has 1 unspecified atom stereocenters. The summed E-state index contributed by atoms with van der Waals surface area (Å²) in [5.41, 5.74) is 18.2. The van der Waals surface area contributed by atoms with Crippen molar-refractivity contribution in [1.29, 1.82) is 0 Å². The van der Waals surface area contributed by atoms with Gasteiger partial charge >= 0.3 is 0 Å². The van der Waals surface area contributed by atoms with E-state index in [-0.39, 0.29) is 28.9 Å². The molecule has 0 N–H and O–H groups in total. The normalized spacial score (nSPS) is 16.5. The molecule has 284 valence electrons. The van der Waals surface area contributed by atoms with E-state index < -0.39 is 0 Å². The minimum Gasteiger partial charge on any atom is -0.314 e. The summed E-state index contributed by atoms with van der Waals surface area (Å²) >= 11 is 0. The largest absolute Gasteiger partial charge is 0.314 e. The van der Waals surface area contributed by atoms with E-state index in [1.165, 1.54) is 50.3 Å². The molecule has 57 heavy (non-hydrogen) atoms. The third-order valence-electron chi connectivity index (χ3n) is 12.3. The van der Waals surface area contributed by atoms with Crippen molar-refractivity contribution in [3.05, 3.63) is 168 Å². The van der Waals surface area contributed by atoms with E-state index in [1.807, 2.05) is 24.5 Å². The Morgan fingerprint density at radius 3 is 1.47 bits per heavy atom. The van der Waals surface area contributed by atoms with Gasteiger partial charge in [0.2, 0.25) is 0 Å². The number of anilines is 4. The maximum atomic E-state index is 4.98. The van der Waals surface area contributed by atoms with E-state index in [4.69, 9.17) is 9.97 Å². The topological polar surface area (TPSA) is 32.3 Å². The lowest BCUT2D eigenvalue weighted by Gasteiger charge is -2.50. The van der Waals surface area contributed by atoms with Crippen molar-refractivity contribution in [3.8, 4) is 22.5 Å². The van der Waals surface area contributed by atoms with Crippen molar-refractivity contribution < 1.29 is 0 Å². The molecule has 0 spiro atoms. The maximum Gasteiger partial charge on any atom is 0.251 e. The molecule has 0 radical (unpaired) electrons. The minimum absolute atomic E-state index is 0.00606. The molecule has 5 heteroatoms. The van der Waals surface area contributed by atoms with Gasteiger partial charge in [0.05, 0.1) is 22.8 Å². The van der Waals surface area contributed by atoms with Crippen molar-refractivity contribution in [2.24, 2.45) is 11.3 Å². The quantitative estimate of drug-likeness (QED) is 0.168. The lowest BCUT2D eigenvalue weighted by molar-refractivity contribution is 0.286. The highest BCUT2D eigenvalue weighted by molar-refractivity contribution is 6.94. The molecule has 3 aliphatic rings. The first-order valence-corrected chi connectivity index (χ1v) is 20.6. The van der Waals surface area contributed by atoms with Crippen molar-refractivity contribution in [2.45, 2.75) is 79.6 Å². The smallest absolute Gasteiger partial charge is 0.251 e. The number of fused-ring (bicyclic) bond motifs is 4. The molecule has 2 aliphatic heterocycles. The second kappa shape index (κ2) is 13.5. The number of rotatable bonds is 4. The van der Waals surface area contributed by atoms with Crippen molar-refractivity contribution in [3.63, 3.8) is 0 Å². The van der Waals surface area contributed by atoms with Crippen molar-refractivity contribution >= 4 is 40.4 Å². The summed E-state index contributed by atoms with van der Waals surface area (Å²) in [6, 6.07) is 44.9. The summed E-state index contributed by atoms with van der Waals surface area (Å²) in [4.78, 5) is 15.1. The zero-order valence-electron chi connectivity index (χ0n) is 34.9. The summed E-state index contributed by atoms with van der Waals surface area (Å²) in [6.07, 6.45) is 7.36.